The molecule has 0 fully saturated rings. The zero-order valence-electron chi connectivity index (χ0n) is 8.70. The van der Waals surface area contributed by atoms with Crippen LogP contribution in [0.2, 0.25) is 0 Å². The van der Waals surface area contributed by atoms with E-state index in [2.05, 4.69) is 4.74 Å². The lowest BCUT2D eigenvalue weighted by molar-refractivity contribution is -0.146. The van der Waals surface area contributed by atoms with Crippen LogP contribution >= 0.6 is 0 Å². The normalized spacial score (nSPS) is 13.0. The molecule has 1 atom stereocenters. The minimum atomic E-state index is -0.246. The van der Waals surface area contributed by atoms with Crippen molar-refractivity contribution in [3.05, 3.63) is 0 Å². The summed E-state index contributed by atoms with van der Waals surface area (Å²) in [7, 11) is 4.56. The molecule has 0 saturated carbocycles. The van der Waals surface area contributed by atoms with Gasteiger partial charge in [-0.2, -0.15) is 0 Å². The van der Waals surface area contributed by atoms with Crippen molar-refractivity contribution in [3.8, 4) is 0 Å². The molecule has 0 aromatic carbocycles. The molecule has 0 saturated heterocycles. The largest absolute Gasteiger partial charge is 0.469 e. The second-order valence-electron chi connectivity index (χ2n) is 2.93. The number of esters is 1. The molecule has 0 aliphatic carbocycles. The highest BCUT2D eigenvalue weighted by atomic mass is 16.7. The Kier molecular flexibility index (Phi) is 6.54. The Balaban J connectivity index is 3.71. The maximum atomic E-state index is 10.8. The molecule has 0 heterocycles. The second kappa shape index (κ2) is 6.86. The maximum Gasteiger partial charge on any atom is 0.305 e. The van der Waals surface area contributed by atoms with Crippen LogP contribution in [0.3, 0.4) is 0 Å². The lowest BCUT2D eigenvalue weighted by Gasteiger charge is -2.20. The summed E-state index contributed by atoms with van der Waals surface area (Å²) in [6, 6.07) is 0. The first-order valence-corrected chi connectivity index (χ1v) is 4.28. The number of hydrogen-bond acceptors (Lipinski definition) is 4. The van der Waals surface area contributed by atoms with E-state index in [1.807, 2.05) is 6.92 Å². The molecule has 0 bridgehead atoms. The number of ether oxygens (including phenoxy) is 3. The van der Waals surface area contributed by atoms with Gasteiger partial charge < -0.3 is 14.2 Å². The summed E-state index contributed by atoms with van der Waals surface area (Å²) in [5.74, 6) is -0.00749. The summed E-state index contributed by atoms with van der Waals surface area (Å²) in [4.78, 5) is 10.8. The number of hydrogen-bond donors (Lipinski definition) is 0. The van der Waals surface area contributed by atoms with Gasteiger partial charge in [0.25, 0.3) is 0 Å². The molecule has 0 radical (unpaired) electrons. The van der Waals surface area contributed by atoms with Crippen molar-refractivity contribution in [1.82, 2.24) is 0 Å². The van der Waals surface area contributed by atoms with Crippen molar-refractivity contribution in [3.63, 3.8) is 0 Å². The van der Waals surface area contributed by atoms with E-state index in [0.717, 1.165) is 0 Å². The van der Waals surface area contributed by atoms with Crippen LogP contribution in [0.4, 0.5) is 0 Å². The van der Waals surface area contributed by atoms with Crippen molar-refractivity contribution in [2.45, 2.75) is 26.1 Å². The van der Waals surface area contributed by atoms with Crippen LogP contribution in [0.5, 0.6) is 0 Å². The first kappa shape index (κ1) is 12.4. The Labute approximate surface area is 79.2 Å². The maximum absolute atomic E-state index is 10.8. The number of rotatable bonds is 6. The van der Waals surface area contributed by atoms with Crippen LogP contribution in [-0.2, 0) is 19.0 Å². The molecule has 0 aromatic rings. The minimum Gasteiger partial charge on any atom is -0.469 e. The Morgan fingerprint density at radius 2 is 1.77 bits per heavy atom. The molecule has 78 valence electrons. The van der Waals surface area contributed by atoms with E-state index >= 15 is 0 Å². The monoisotopic (exact) mass is 190 g/mol. The van der Waals surface area contributed by atoms with Crippen molar-refractivity contribution in [1.29, 1.82) is 0 Å². The summed E-state index contributed by atoms with van der Waals surface area (Å²) in [6.45, 7) is 1.97. The van der Waals surface area contributed by atoms with Gasteiger partial charge in [-0.25, -0.2) is 0 Å². The van der Waals surface area contributed by atoms with Crippen LogP contribution in [0.15, 0.2) is 0 Å². The molecule has 0 N–H and O–H groups in total. The first-order valence-electron chi connectivity index (χ1n) is 4.28. The molecule has 0 aromatic heterocycles. The highest BCUT2D eigenvalue weighted by molar-refractivity contribution is 5.69. The zero-order valence-corrected chi connectivity index (χ0v) is 8.70. The molecule has 13 heavy (non-hydrogen) atoms. The van der Waals surface area contributed by atoms with Crippen molar-refractivity contribution in [2.75, 3.05) is 21.3 Å². The van der Waals surface area contributed by atoms with Crippen LogP contribution in [0.1, 0.15) is 19.8 Å². The standard InChI is InChI=1S/C9H18O4/c1-7(9(12-3)13-4)5-6-8(10)11-2/h7,9H,5-6H2,1-4H3. The van der Waals surface area contributed by atoms with E-state index in [0.29, 0.717) is 12.8 Å². The molecular formula is C9H18O4. The minimum absolute atomic E-state index is 0.189. The second-order valence-corrected chi connectivity index (χ2v) is 2.93. The molecule has 0 aliphatic heterocycles. The number of methoxy groups -OCH3 is 3. The Morgan fingerprint density at radius 3 is 2.15 bits per heavy atom. The molecule has 4 heteroatoms. The molecular weight excluding hydrogens is 172 g/mol. The average molecular weight is 190 g/mol. The van der Waals surface area contributed by atoms with Gasteiger partial charge in [-0.05, 0) is 6.42 Å². The van der Waals surface area contributed by atoms with Crippen LogP contribution in [-0.4, -0.2) is 33.6 Å². The van der Waals surface area contributed by atoms with E-state index in [9.17, 15) is 4.79 Å². The predicted molar refractivity (Wildman–Crippen MR) is 48.2 cm³/mol. The number of carbonyl (C=O) groups excluding carboxylic acids is 1. The van der Waals surface area contributed by atoms with E-state index < -0.39 is 0 Å². The third-order valence-corrected chi connectivity index (χ3v) is 1.96. The van der Waals surface area contributed by atoms with Gasteiger partial charge in [0.05, 0.1) is 7.11 Å². The van der Waals surface area contributed by atoms with Gasteiger partial charge >= 0.3 is 5.97 Å². The molecule has 0 rings (SSSR count). The van der Waals surface area contributed by atoms with Gasteiger partial charge in [0.15, 0.2) is 6.29 Å². The third kappa shape index (κ3) is 4.85. The summed E-state index contributed by atoms with van der Waals surface area (Å²) in [5.41, 5.74) is 0. The Bertz CT molecular complexity index is 143. The predicted octanol–water partition coefficient (Wildman–Crippen LogP) is 1.19. The fourth-order valence-corrected chi connectivity index (χ4v) is 1.14. The van der Waals surface area contributed by atoms with Gasteiger partial charge in [0.2, 0.25) is 0 Å². The van der Waals surface area contributed by atoms with Gasteiger partial charge in [0, 0.05) is 26.6 Å². The highest BCUT2D eigenvalue weighted by Crippen LogP contribution is 2.14. The van der Waals surface area contributed by atoms with Crippen molar-refractivity contribution in [2.24, 2.45) is 5.92 Å². The Hall–Kier alpha value is -0.610. The fraction of sp³-hybridized carbons (Fsp3) is 0.889. The number of carbonyl (C=O) groups is 1. The summed E-state index contributed by atoms with van der Waals surface area (Å²) in [5, 5.41) is 0. The van der Waals surface area contributed by atoms with E-state index in [1.165, 1.54) is 7.11 Å². The molecule has 0 spiro atoms. The van der Waals surface area contributed by atoms with Gasteiger partial charge in [-0.1, -0.05) is 6.92 Å². The summed E-state index contributed by atoms with van der Waals surface area (Å²) >= 11 is 0. The van der Waals surface area contributed by atoms with Gasteiger partial charge in [-0.15, -0.1) is 0 Å². The molecule has 4 nitrogen and oxygen atoms in total. The molecule has 0 amide bonds. The Morgan fingerprint density at radius 1 is 1.23 bits per heavy atom. The van der Waals surface area contributed by atoms with E-state index in [4.69, 9.17) is 9.47 Å². The zero-order chi connectivity index (χ0) is 10.3. The van der Waals surface area contributed by atoms with Crippen molar-refractivity contribution < 1.29 is 19.0 Å². The quantitative estimate of drug-likeness (QED) is 0.466. The van der Waals surface area contributed by atoms with E-state index in [-0.39, 0.29) is 18.2 Å². The fourth-order valence-electron chi connectivity index (χ4n) is 1.14. The summed E-state index contributed by atoms with van der Waals surface area (Å²) in [6.07, 6.45) is 0.865. The molecule has 0 aliphatic rings. The molecule has 1 unspecified atom stereocenters. The van der Waals surface area contributed by atoms with Crippen molar-refractivity contribution >= 4 is 5.97 Å². The SMILES string of the molecule is COC(=O)CCC(C)C(OC)OC. The van der Waals surface area contributed by atoms with E-state index in [1.54, 1.807) is 14.2 Å². The average Bonchev–Trinajstić information content (AvgIpc) is 2.16. The van der Waals surface area contributed by atoms with Gasteiger partial charge in [-0.3, -0.25) is 4.79 Å². The van der Waals surface area contributed by atoms with Crippen LogP contribution in [0, 0.1) is 5.92 Å². The van der Waals surface area contributed by atoms with Gasteiger partial charge in [0.1, 0.15) is 0 Å². The third-order valence-electron chi connectivity index (χ3n) is 1.96. The topological polar surface area (TPSA) is 44.8 Å². The summed E-state index contributed by atoms with van der Waals surface area (Å²) < 4.78 is 14.6. The lowest BCUT2D eigenvalue weighted by Crippen LogP contribution is -2.23. The highest BCUT2D eigenvalue weighted by Gasteiger charge is 2.16. The van der Waals surface area contributed by atoms with Crippen LogP contribution in [0.25, 0.3) is 0 Å². The van der Waals surface area contributed by atoms with Crippen LogP contribution < -0.4 is 0 Å². The first-order chi connectivity index (χ1) is 6.15. The lowest BCUT2D eigenvalue weighted by atomic mass is 10.1. The smallest absolute Gasteiger partial charge is 0.305 e.